The highest BCUT2D eigenvalue weighted by molar-refractivity contribution is 5.71. The van der Waals surface area contributed by atoms with E-state index in [0.717, 1.165) is 0 Å². The third-order valence-corrected chi connectivity index (χ3v) is 1.52. The second kappa shape index (κ2) is 3.04. The molecule has 0 aromatic heterocycles. The van der Waals surface area contributed by atoms with E-state index in [4.69, 9.17) is 5.73 Å². The summed E-state index contributed by atoms with van der Waals surface area (Å²) in [6.07, 6.45) is 1.38. The molecule has 62 valence electrons. The third-order valence-electron chi connectivity index (χ3n) is 1.52. The van der Waals surface area contributed by atoms with Crippen molar-refractivity contribution in [1.82, 2.24) is 0 Å². The van der Waals surface area contributed by atoms with Crippen LogP contribution in [0.25, 0.3) is 6.08 Å². The van der Waals surface area contributed by atoms with E-state index in [2.05, 4.69) is 6.58 Å². The third kappa shape index (κ3) is 1.27. The molecule has 4 nitrogen and oxygen atoms in total. The Balaban J connectivity index is 3.37. The summed E-state index contributed by atoms with van der Waals surface area (Å²) in [7, 11) is 0. The lowest BCUT2D eigenvalue weighted by molar-refractivity contribution is -0.385. The molecule has 0 saturated heterocycles. The van der Waals surface area contributed by atoms with Gasteiger partial charge in [0, 0.05) is 11.8 Å². The first kappa shape index (κ1) is 8.26. The number of hydrogen-bond acceptors (Lipinski definition) is 3. The molecule has 1 aromatic carbocycles. The number of nitro benzene ring substituents is 1. The van der Waals surface area contributed by atoms with Crippen molar-refractivity contribution in [2.24, 2.45) is 0 Å². The van der Waals surface area contributed by atoms with E-state index in [0.29, 0.717) is 11.3 Å². The molecule has 0 saturated carbocycles. The monoisotopic (exact) mass is 164 g/mol. The molecule has 4 heteroatoms. The van der Waals surface area contributed by atoms with Gasteiger partial charge in [-0.25, -0.2) is 0 Å². The number of nitrogens with two attached hydrogens (primary N) is 1. The highest BCUT2D eigenvalue weighted by Gasteiger charge is 2.11. The quantitative estimate of drug-likeness (QED) is 0.411. The van der Waals surface area contributed by atoms with Crippen molar-refractivity contribution in [1.29, 1.82) is 0 Å². The molecular formula is C8H8N2O2. The molecule has 1 rings (SSSR count). The Labute approximate surface area is 69.5 Å². The number of nitrogens with zero attached hydrogens (tertiary/aromatic N) is 1. The SMILES string of the molecule is C=Cc1c(N)cccc1[N+](=O)[O-]. The lowest BCUT2D eigenvalue weighted by atomic mass is 10.1. The smallest absolute Gasteiger partial charge is 0.278 e. The maximum atomic E-state index is 10.4. The molecule has 1 aromatic rings. The summed E-state index contributed by atoms with van der Waals surface area (Å²) in [5.74, 6) is 0. The Kier molecular flexibility index (Phi) is 2.09. The first-order valence-electron chi connectivity index (χ1n) is 3.32. The molecule has 0 bridgehead atoms. The minimum absolute atomic E-state index is 0.00926. The molecular weight excluding hydrogens is 156 g/mol. The van der Waals surface area contributed by atoms with Gasteiger partial charge in [0.1, 0.15) is 0 Å². The second-order valence-corrected chi connectivity index (χ2v) is 2.24. The van der Waals surface area contributed by atoms with Crippen LogP contribution in [0.1, 0.15) is 5.56 Å². The number of nitrogen functional groups attached to an aromatic ring is 1. The number of nitro groups is 1. The molecule has 0 radical (unpaired) electrons. The van der Waals surface area contributed by atoms with E-state index in [1.165, 1.54) is 12.1 Å². The highest BCUT2D eigenvalue weighted by Crippen LogP contribution is 2.24. The molecule has 0 amide bonds. The Morgan fingerprint density at radius 3 is 2.67 bits per heavy atom. The summed E-state index contributed by atoms with van der Waals surface area (Å²) < 4.78 is 0. The molecule has 0 spiro atoms. The summed E-state index contributed by atoms with van der Waals surface area (Å²) >= 11 is 0. The van der Waals surface area contributed by atoms with Crippen molar-refractivity contribution in [2.45, 2.75) is 0 Å². The summed E-state index contributed by atoms with van der Waals surface area (Å²) in [6.45, 7) is 3.45. The van der Waals surface area contributed by atoms with Gasteiger partial charge < -0.3 is 5.73 Å². The average Bonchev–Trinajstić information content (AvgIpc) is 2.03. The van der Waals surface area contributed by atoms with Gasteiger partial charge in [-0.05, 0) is 6.07 Å². The molecule has 0 fully saturated rings. The van der Waals surface area contributed by atoms with Crippen LogP contribution in [-0.2, 0) is 0 Å². The fraction of sp³-hybridized carbons (Fsp3) is 0. The summed E-state index contributed by atoms with van der Waals surface area (Å²) in [4.78, 5) is 9.96. The molecule has 2 N–H and O–H groups in total. The van der Waals surface area contributed by atoms with Crippen LogP contribution < -0.4 is 5.73 Å². The minimum atomic E-state index is -0.479. The first-order valence-corrected chi connectivity index (χ1v) is 3.32. The van der Waals surface area contributed by atoms with E-state index < -0.39 is 4.92 Å². The minimum Gasteiger partial charge on any atom is -0.398 e. The molecule has 0 aliphatic heterocycles. The van der Waals surface area contributed by atoms with Crippen LogP contribution >= 0.6 is 0 Å². The van der Waals surface area contributed by atoms with Crippen LogP contribution in [0.5, 0.6) is 0 Å². The zero-order valence-corrected chi connectivity index (χ0v) is 6.36. The zero-order chi connectivity index (χ0) is 9.14. The lowest BCUT2D eigenvalue weighted by Gasteiger charge is -1.99. The second-order valence-electron chi connectivity index (χ2n) is 2.24. The van der Waals surface area contributed by atoms with Crippen LogP contribution in [-0.4, -0.2) is 4.92 Å². The maximum Gasteiger partial charge on any atom is 0.278 e. The van der Waals surface area contributed by atoms with Gasteiger partial charge in [0.2, 0.25) is 0 Å². The topological polar surface area (TPSA) is 69.2 Å². The Bertz CT molecular complexity index is 334. The molecule has 0 aliphatic carbocycles. The fourth-order valence-electron chi connectivity index (χ4n) is 0.952. The summed E-state index contributed by atoms with van der Waals surface area (Å²) in [5, 5.41) is 10.4. The van der Waals surface area contributed by atoms with Crippen molar-refractivity contribution in [3.05, 3.63) is 40.5 Å². The van der Waals surface area contributed by atoms with Gasteiger partial charge in [0.05, 0.1) is 10.5 Å². The number of rotatable bonds is 2. The Hall–Kier alpha value is -1.84. The van der Waals surface area contributed by atoms with Gasteiger partial charge in [-0.15, -0.1) is 0 Å². The number of hydrogen-bond donors (Lipinski definition) is 1. The largest absolute Gasteiger partial charge is 0.398 e. The average molecular weight is 164 g/mol. The van der Waals surface area contributed by atoms with Gasteiger partial charge in [-0.1, -0.05) is 18.7 Å². The van der Waals surface area contributed by atoms with Crippen LogP contribution in [0, 0.1) is 10.1 Å². The van der Waals surface area contributed by atoms with E-state index >= 15 is 0 Å². The van der Waals surface area contributed by atoms with E-state index in [-0.39, 0.29) is 5.69 Å². The lowest BCUT2D eigenvalue weighted by Crippen LogP contribution is -1.95. The molecule has 12 heavy (non-hydrogen) atoms. The van der Waals surface area contributed by atoms with Crippen molar-refractivity contribution in [2.75, 3.05) is 5.73 Å². The summed E-state index contributed by atoms with van der Waals surface area (Å²) in [6, 6.07) is 4.54. The van der Waals surface area contributed by atoms with Gasteiger partial charge in [-0.3, -0.25) is 10.1 Å². The van der Waals surface area contributed by atoms with E-state index in [1.807, 2.05) is 0 Å². The Morgan fingerprint density at radius 2 is 2.25 bits per heavy atom. The predicted molar refractivity (Wildman–Crippen MR) is 47.6 cm³/mol. The van der Waals surface area contributed by atoms with Crippen LogP contribution in [0.4, 0.5) is 11.4 Å². The van der Waals surface area contributed by atoms with Crippen molar-refractivity contribution < 1.29 is 4.92 Å². The van der Waals surface area contributed by atoms with Crippen molar-refractivity contribution in [3.8, 4) is 0 Å². The van der Waals surface area contributed by atoms with Crippen molar-refractivity contribution in [3.63, 3.8) is 0 Å². The van der Waals surface area contributed by atoms with E-state index in [1.54, 1.807) is 12.1 Å². The molecule has 0 atom stereocenters. The number of benzene rings is 1. The van der Waals surface area contributed by atoms with E-state index in [9.17, 15) is 10.1 Å². The zero-order valence-electron chi connectivity index (χ0n) is 6.36. The van der Waals surface area contributed by atoms with Gasteiger partial charge in [-0.2, -0.15) is 0 Å². The fourth-order valence-corrected chi connectivity index (χ4v) is 0.952. The molecule has 0 unspecified atom stereocenters. The van der Waals surface area contributed by atoms with Crippen LogP contribution in [0.3, 0.4) is 0 Å². The summed E-state index contributed by atoms with van der Waals surface area (Å²) in [5.41, 5.74) is 6.24. The normalized spacial score (nSPS) is 9.33. The first-order chi connectivity index (χ1) is 5.66. The van der Waals surface area contributed by atoms with Gasteiger partial charge in [0.25, 0.3) is 5.69 Å². The van der Waals surface area contributed by atoms with Crippen LogP contribution in [0.2, 0.25) is 0 Å². The molecule has 0 aliphatic rings. The maximum absolute atomic E-state index is 10.4. The molecule has 0 heterocycles. The Morgan fingerprint density at radius 1 is 1.58 bits per heavy atom. The van der Waals surface area contributed by atoms with Crippen molar-refractivity contribution >= 4 is 17.5 Å². The van der Waals surface area contributed by atoms with Gasteiger partial charge >= 0.3 is 0 Å². The number of anilines is 1. The standard InChI is InChI=1S/C8H8N2O2/c1-2-6-7(9)4-3-5-8(6)10(11)12/h2-5H,1,9H2. The predicted octanol–water partition coefficient (Wildman–Crippen LogP) is 1.82. The highest BCUT2D eigenvalue weighted by atomic mass is 16.6. The van der Waals surface area contributed by atoms with Crippen LogP contribution in [0.15, 0.2) is 24.8 Å². The van der Waals surface area contributed by atoms with Gasteiger partial charge in [0.15, 0.2) is 0 Å².